The maximum atomic E-state index is 14.3. The molecule has 0 aromatic heterocycles. The molecule has 1 saturated heterocycles. The van der Waals surface area contributed by atoms with Crippen molar-refractivity contribution >= 4 is 7.69 Å². The van der Waals surface area contributed by atoms with E-state index in [-0.39, 0.29) is 0 Å². The van der Waals surface area contributed by atoms with E-state index < -0.39 is 22.5 Å². The number of hydrogen-bond acceptors (Lipinski definition) is 2. The summed E-state index contributed by atoms with van der Waals surface area (Å²) in [6.07, 6.45) is 0. The summed E-state index contributed by atoms with van der Waals surface area (Å²) >= 11 is 0. The van der Waals surface area contributed by atoms with Gasteiger partial charge in [0.2, 0.25) is 5.79 Å². The van der Waals surface area contributed by atoms with Gasteiger partial charge >= 0.3 is 13.6 Å². The van der Waals surface area contributed by atoms with E-state index >= 15 is 0 Å². The van der Waals surface area contributed by atoms with E-state index in [4.69, 9.17) is 9.31 Å². The van der Waals surface area contributed by atoms with Gasteiger partial charge in [-0.3, -0.25) is 0 Å². The topological polar surface area (TPSA) is 18.5 Å². The molecule has 0 bridgehead atoms. The van der Waals surface area contributed by atoms with Crippen molar-refractivity contribution in [2.45, 2.75) is 53.3 Å². The van der Waals surface area contributed by atoms with Crippen LogP contribution in [0.25, 0.3) is 0 Å². The first kappa shape index (κ1) is 12.9. The molecular formula is C10H18BF2O2. The maximum Gasteiger partial charge on any atom is 0.492 e. The molecule has 0 atom stereocenters. The summed E-state index contributed by atoms with van der Waals surface area (Å²) in [7, 11) is 0.977. The van der Waals surface area contributed by atoms with Crippen LogP contribution in [0.5, 0.6) is 0 Å². The lowest BCUT2D eigenvalue weighted by molar-refractivity contribution is -0.387. The summed E-state index contributed by atoms with van der Waals surface area (Å²) in [5.41, 5.74) is -2.01. The summed E-state index contributed by atoms with van der Waals surface area (Å²) < 4.78 is 38.5. The van der Waals surface area contributed by atoms with Crippen LogP contribution in [0.1, 0.15) is 41.5 Å². The fourth-order valence-electron chi connectivity index (χ4n) is 1.61. The van der Waals surface area contributed by atoms with Gasteiger partial charge in [0, 0.05) is 10.8 Å². The monoisotopic (exact) mass is 219 g/mol. The average molecular weight is 219 g/mol. The minimum absolute atomic E-state index is 0.793. The molecule has 0 unspecified atom stereocenters. The van der Waals surface area contributed by atoms with Crippen molar-refractivity contribution in [1.82, 2.24) is 0 Å². The summed E-state index contributed by atoms with van der Waals surface area (Å²) in [5.74, 6) is -4.91. The molecule has 2 nitrogen and oxygen atoms in total. The second-order valence-electron chi connectivity index (χ2n) is 6.02. The molecule has 1 heterocycles. The van der Waals surface area contributed by atoms with Crippen molar-refractivity contribution in [3.8, 4) is 0 Å². The van der Waals surface area contributed by atoms with Crippen LogP contribution in [0, 0.1) is 10.8 Å². The van der Waals surface area contributed by atoms with Gasteiger partial charge in [0.05, 0.1) is 0 Å². The van der Waals surface area contributed by atoms with Gasteiger partial charge in [0.1, 0.15) is 0 Å². The molecule has 0 saturated carbocycles. The van der Waals surface area contributed by atoms with E-state index in [1.165, 1.54) is 20.8 Å². The zero-order valence-corrected chi connectivity index (χ0v) is 10.1. The van der Waals surface area contributed by atoms with Crippen molar-refractivity contribution in [3.05, 3.63) is 0 Å². The smallest absolute Gasteiger partial charge is 0.381 e. The molecule has 0 amide bonds. The van der Waals surface area contributed by atoms with E-state index in [9.17, 15) is 8.78 Å². The Morgan fingerprint density at radius 1 is 0.933 bits per heavy atom. The van der Waals surface area contributed by atoms with Gasteiger partial charge in [-0.1, -0.05) is 41.5 Å². The van der Waals surface area contributed by atoms with Crippen molar-refractivity contribution in [2.75, 3.05) is 0 Å². The molecule has 0 aromatic carbocycles. The van der Waals surface area contributed by atoms with Gasteiger partial charge in [-0.2, -0.15) is 0 Å². The highest BCUT2D eigenvalue weighted by Gasteiger charge is 2.71. The molecule has 1 rings (SSSR count). The third-order valence-electron chi connectivity index (χ3n) is 2.77. The number of alkyl halides is 2. The third kappa shape index (κ3) is 1.60. The molecule has 0 N–H and O–H groups in total. The number of hydrogen-bond donors (Lipinski definition) is 0. The number of halogens is 2. The number of rotatable bonds is 1. The molecule has 1 aliphatic heterocycles. The van der Waals surface area contributed by atoms with Crippen molar-refractivity contribution in [1.29, 1.82) is 0 Å². The van der Waals surface area contributed by atoms with Gasteiger partial charge in [0.25, 0.3) is 0 Å². The van der Waals surface area contributed by atoms with Crippen LogP contribution in [-0.4, -0.2) is 19.4 Å². The van der Waals surface area contributed by atoms with Gasteiger partial charge in [-0.15, -0.1) is 0 Å². The van der Waals surface area contributed by atoms with Gasteiger partial charge in [-0.25, -0.2) is 8.78 Å². The molecule has 1 fully saturated rings. The van der Waals surface area contributed by atoms with E-state index in [1.54, 1.807) is 20.8 Å². The fourth-order valence-corrected chi connectivity index (χ4v) is 1.61. The van der Waals surface area contributed by atoms with E-state index in [2.05, 4.69) is 0 Å². The SMILES string of the molecule is CC(C)(C)C(F)(F)C1(C(C)(C)C)O[B]O1. The van der Waals surface area contributed by atoms with Crippen LogP contribution in [0.3, 0.4) is 0 Å². The normalized spacial score (nSPS) is 21.9. The lowest BCUT2D eigenvalue weighted by atomic mass is 9.70. The maximum absolute atomic E-state index is 14.3. The van der Waals surface area contributed by atoms with E-state index in [0.29, 0.717) is 0 Å². The Hall–Kier alpha value is -0.155. The summed E-state index contributed by atoms with van der Waals surface area (Å²) in [6.45, 7) is 9.47. The molecular weight excluding hydrogens is 201 g/mol. The fraction of sp³-hybridized carbons (Fsp3) is 1.00. The Balaban J connectivity index is 3.13. The highest BCUT2D eigenvalue weighted by atomic mass is 19.3. The Morgan fingerprint density at radius 3 is 1.40 bits per heavy atom. The Bertz CT molecular complexity index is 249. The molecule has 0 aromatic rings. The van der Waals surface area contributed by atoms with Gasteiger partial charge in [-0.05, 0) is 0 Å². The van der Waals surface area contributed by atoms with Crippen LogP contribution in [-0.2, 0) is 9.31 Å². The lowest BCUT2D eigenvalue weighted by Crippen LogP contribution is -2.71. The summed E-state index contributed by atoms with van der Waals surface area (Å²) in [6, 6.07) is 0. The van der Waals surface area contributed by atoms with Crippen molar-refractivity contribution in [3.63, 3.8) is 0 Å². The molecule has 5 heteroatoms. The average Bonchev–Trinajstić information content (AvgIpc) is 1.74. The standard InChI is InChI=1S/C10H18BF2O2/c1-7(2,3)9(12,13)10(8(4,5)6)14-11-15-10/h1-6H3. The van der Waals surface area contributed by atoms with Crippen LogP contribution in [0.4, 0.5) is 8.78 Å². The van der Waals surface area contributed by atoms with Crippen molar-refractivity contribution in [2.24, 2.45) is 10.8 Å². The van der Waals surface area contributed by atoms with E-state index in [0.717, 1.165) is 7.69 Å². The Morgan fingerprint density at radius 2 is 1.33 bits per heavy atom. The quantitative estimate of drug-likeness (QED) is 0.631. The zero-order chi connectivity index (χ0) is 12.1. The second-order valence-corrected chi connectivity index (χ2v) is 6.02. The minimum Gasteiger partial charge on any atom is -0.381 e. The Kier molecular flexibility index (Phi) is 2.73. The molecule has 87 valence electrons. The zero-order valence-electron chi connectivity index (χ0n) is 10.1. The summed E-state index contributed by atoms with van der Waals surface area (Å²) in [5, 5.41) is 0. The first-order chi connectivity index (χ1) is 6.46. The predicted octanol–water partition coefficient (Wildman–Crippen LogP) is 2.99. The lowest BCUT2D eigenvalue weighted by Gasteiger charge is -2.57. The van der Waals surface area contributed by atoms with E-state index in [1.807, 2.05) is 0 Å². The van der Waals surface area contributed by atoms with Gasteiger partial charge < -0.3 is 9.31 Å². The summed E-state index contributed by atoms with van der Waals surface area (Å²) in [4.78, 5) is 0. The van der Waals surface area contributed by atoms with Crippen LogP contribution in [0.15, 0.2) is 0 Å². The van der Waals surface area contributed by atoms with Crippen LogP contribution in [0.2, 0.25) is 0 Å². The third-order valence-corrected chi connectivity index (χ3v) is 2.77. The highest BCUT2D eigenvalue weighted by molar-refractivity contribution is 6.21. The first-order valence-corrected chi connectivity index (χ1v) is 5.01. The second kappa shape index (κ2) is 3.17. The molecule has 0 spiro atoms. The minimum atomic E-state index is -3.06. The van der Waals surface area contributed by atoms with Crippen LogP contribution >= 0.6 is 0 Å². The molecule has 0 aliphatic carbocycles. The van der Waals surface area contributed by atoms with Crippen molar-refractivity contribution < 1.29 is 18.1 Å². The largest absolute Gasteiger partial charge is 0.492 e. The molecule has 1 radical (unpaired) electrons. The van der Waals surface area contributed by atoms with Gasteiger partial charge in [0.15, 0.2) is 0 Å². The molecule has 1 aliphatic rings. The Labute approximate surface area is 90.6 Å². The van der Waals surface area contributed by atoms with Crippen LogP contribution < -0.4 is 0 Å². The predicted molar refractivity (Wildman–Crippen MR) is 54.5 cm³/mol. The first-order valence-electron chi connectivity index (χ1n) is 5.01. The highest BCUT2D eigenvalue weighted by Crippen LogP contribution is 2.56. The molecule has 15 heavy (non-hydrogen) atoms.